The van der Waals surface area contributed by atoms with Gasteiger partial charge in [-0.25, -0.2) is 0 Å². The lowest BCUT2D eigenvalue weighted by molar-refractivity contribution is 0.0200. The Kier molecular flexibility index (Phi) is 5.51. The van der Waals surface area contributed by atoms with Gasteiger partial charge < -0.3 is 14.4 Å². The number of fused-ring (bicyclic) bond motifs is 3. The van der Waals surface area contributed by atoms with E-state index in [1.807, 2.05) is 17.0 Å². The van der Waals surface area contributed by atoms with Gasteiger partial charge in [0.2, 0.25) is 6.79 Å². The number of nitrogens with zero attached hydrogens (tertiary/aromatic N) is 2. The van der Waals surface area contributed by atoms with Crippen molar-refractivity contribution in [3.8, 4) is 11.5 Å². The van der Waals surface area contributed by atoms with Gasteiger partial charge in [0.1, 0.15) is 0 Å². The first-order chi connectivity index (χ1) is 15.6. The van der Waals surface area contributed by atoms with E-state index in [2.05, 4.69) is 68.3 Å². The van der Waals surface area contributed by atoms with Crippen molar-refractivity contribution in [2.75, 3.05) is 20.4 Å². The van der Waals surface area contributed by atoms with Crippen molar-refractivity contribution in [3.05, 3.63) is 71.3 Å². The topological polar surface area (TPSA) is 42.0 Å². The van der Waals surface area contributed by atoms with Gasteiger partial charge in [-0.3, -0.25) is 9.69 Å². The van der Waals surface area contributed by atoms with Gasteiger partial charge in [-0.05, 0) is 60.3 Å². The van der Waals surface area contributed by atoms with E-state index in [9.17, 15) is 4.79 Å². The third kappa shape index (κ3) is 3.41. The van der Waals surface area contributed by atoms with Crippen LogP contribution in [-0.4, -0.2) is 42.3 Å². The Bertz CT molecular complexity index is 1150. The van der Waals surface area contributed by atoms with E-state index in [0.717, 1.165) is 36.1 Å². The molecule has 5 rings (SSSR count). The molecular formula is C27H30N2O3. The summed E-state index contributed by atoms with van der Waals surface area (Å²) in [6, 6.07) is 19.1. The van der Waals surface area contributed by atoms with E-state index in [4.69, 9.17) is 9.47 Å². The number of ether oxygens (including phenoxy) is 2. The summed E-state index contributed by atoms with van der Waals surface area (Å²) in [6.07, 6.45) is 2.68. The summed E-state index contributed by atoms with van der Waals surface area (Å²) in [5.41, 5.74) is 3.11. The molecule has 0 aliphatic carbocycles. The highest BCUT2D eigenvalue weighted by molar-refractivity contribution is 5.97. The Morgan fingerprint density at radius 3 is 2.53 bits per heavy atom. The highest BCUT2D eigenvalue weighted by Gasteiger charge is 2.35. The second-order valence-electron chi connectivity index (χ2n) is 8.66. The zero-order chi connectivity index (χ0) is 22.2. The molecule has 0 radical (unpaired) electrons. The Labute approximate surface area is 189 Å². The summed E-state index contributed by atoms with van der Waals surface area (Å²) in [6.45, 7) is 5.32. The van der Waals surface area contributed by atoms with Crippen LogP contribution >= 0.6 is 0 Å². The van der Waals surface area contributed by atoms with Crippen LogP contribution in [0.5, 0.6) is 11.5 Å². The second-order valence-corrected chi connectivity index (χ2v) is 8.66. The van der Waals surface area contributed by atoms with E-state index in [-0.39, 0.29) is 24.9 Å². The Hall–Kier alpha value is -3.05. The van der Waals surface area contributed by atoms with E-state index >= 15 is 0 Å². The molecule has 2 heterocycles. The molecule has 0 fully saturated rings. The van der Waals surface area contributed by atoms with Gasteiger partial charge in [0, 0.05) is 18.2 Å². The average Bonchev–Trinajstić information content (AvgIpc) is 3.28. The van der Waals surface area contributed by atoms with Crippen molar-refractivity contribution in [2.45, 2.75) is 45.3 Å². The Morgan fingerprint density at radius 2 is 1.75 bits per heavy atom. The van der Waals surface area contributed by atoms with Crippen LogP contribution in [0.1, 0.15) is 54.2 Å². The molecule has 2 aliphatic heterocycles. The van der Waals surface area contributed by atoms with E-state index in [1.165, 1.54) is 16.3 Å². The molecule has 5 nitrogen and oxygen atoms in total. The van der Waals surface area contributed by atoms with Gasteiger partial charge >= 0.3 is 0 Å². The quantitative estimate of drug-likeness (QED) is 0.526. The minimum atomic E-state index is 0.0185. The molecule has 0 aromatic heterocycles. The van der Waals surface area contributed by atoms with Crippen LogP contribution in [0.4, 0.5) is 0 Å². The molecule has 166 valence electrons. The summed E-state index contributed by atoms with van der Waals surface area (Å²) in [7, 11) is 2.16. The third-order valence-electron chi connectivity index (χ3n) is 6.97. The number of carbonyl (C=O) groups excluding carboxylic acids is 1. The molecule has 3 aromatic rings. The minimum Gasteiger partial charge on any atom is -0.454 e. The molecule has 0 saturated heterocycles. The van der Waals surface area contributed by atoms with Crippen molar-refractivity contribution >= 4 is 16.7 Å². The Balaban J connectivity index is 1.47. The first-order valence-corrected chi connectivity index (χ1v) is 11.6. The van der Waals surface area contributed by atoms with Gasteiger partial charge in [0.25, 0.3) is 5.91 Å². The highest BCUT2D eigenvalue weighted by atomic mass is 16.7. The van der Waals surface area contributed by atoms with Crippen LogP contribution in [0.2, 0.25) is 0 Å². The second kappa shape index (κ2) is 8.47. The van der Waals surface area contributed by atoms with Gasteiger partial charge in [-0.15, -0.1) is 0 Å². The largest absolute Gasteiger partial charge is 0.454 e. The number of hydrogen-bond acceptors (Lipinski definition) is 4. The van der Waals surface area contributed by atoms with E-state index < -0.39 is 0 Å². The lowest BCUT2D eigenvalue weighted by Crippen LogP contribution is -2.52. The maximum Gasteiger partial charge on any atom is 0.255 e. The zero-order valence-corrected chi connectivity index (χ0v) is 19.0. The fourth-order valence-corrected chi connectivity index (χ4v) is 5.38. The normalized spacial score (nSPS) is 17.0. The predicted octanol–water partition coefficient (Wildman–Crippen LogP) is 5.39. The lowest BCUT2D eigenvalue weighted by atomic mass is 9.94. The molecule has 3 aromatic carbocycles. The van der Waals surface area contributed by atoms with Gasteiger partial charge in [0.15, 0.2) is 11.5 Å². The van der Waals surface area contributed by atoms with Crippen LogP contribution in [0.15, 0.2) is 54.6 Å². The van der Waals surface area contributed by atoms with Crippen LogP contribution in [0.3, 0.4) is 0 Å². The monoisotopic (exact) mass is 430 g/mol. The molecular weight excluding hydrogens is 400 g/mol. The molecule has 0 saturated carbocycles. The molecule has 32 heavy (non-hydrogen) atoms. The maximum atomic E-state index is 13.6. The number of hydrogen-bond donors (Lipinski definition) is 0. The van der Waals surface area contributed by atoms with Crippen molar-refractivity contribution < 1.29 is 14.3 Å². The number of carbonyl (C=O) groups is 1. The van der Waals surface area contributed by atoms with E-state index in [0.29, 0.717) is 12.3 Å². The average molecular weight is 431 g/mol. The zero-order valence-electron chi connectivity index (χ0n) is 19.0. The van der Waals surface area contributed by atoms with Gasteiger partial charge in [-0.1, -0.05) is 56.3 Å². The van der Waals surface area contributed by atoms with Crippen LogP contribution in [0, 0.1) is 0 Å². The summed E-state index contributed by atoms with van der Waals surface area (Å²) in [4.78, 5) is 18.0. The van der Waals surface area contributed by atoms with Crippen molar-refractivity contribution in [1.29, 1.82) is 0 Å². The molecule has 2 aliphatic rings. The summed E-state index contributed by atoms with van der Waals surface area (Å²) in [5, 5.41) is 2.54. The number of benzene rings is 3. The molecule has 0 bridgehead atoms. The maximum absolute atomic E-state index is 13.6. The van der Waals surface area contributed by atoms with Crippen LogP contribution in [-0.2, 0) is 6.42 Å². The molecule has 0 N–H and O–H groups in total. The molecule has 2 unspecified atom stereocenters. The smallest absolute Gasteiger partial charge is 0.255 e. The molecule has 1 amide bonds. The summed E-state index contributed by atoms with van der Waals surface area (Å²) in [5.74, 6) is 1.50. The Morgan fingerprint density at radius 1 is 1.00 bits per heavy atom. The van der Waals surface area contributed by atoms with Crippen LogP contribution < -0.4 is 9.47 Å². The predicted molar refractivity (Wildman–Crippen MR) is 126 cm³/mol. The SMILES string of the molecule is CCC(c1cccc2ccccc12)N(C)C(CC)N1CCc2cc3c(cc2C1=O)OCO3. The van der Waals surface area contributed by atoms with E-state index in [1.54, 1.807) is 0 Å². The number of amides is 1. The highest BCUT2D eigenvalue weighted by Crippen LogP contribution is 2.38. The summed E-state index contributed by atoms with van der Waals surface area (Å²) < 4.78 is 11.0. The standard InChI is InChI=1S/C27H30N2O3/c1-4-23(21-12-8-10-18-9-6-7-11-20(18)21)28(3)26(5-2)29-14-13-19-15-24-25(32-17-31-24)16-22(19)27(29)30/h6-12,15-16,23,26H,4-5,13-14,17H2,1-3H3. The molecule has 2 atom stereocenters. The molecule has 5 heteroatoms. The lowest BCUT2D eigenvalue weighted by Gasteiger charge is -2.43. The van der Waals surface area contributed by atoms with Gasteiger partial charge in [0.05, 0.1) is 6.17 Å². The first kappa shape index (κ1) is 20.8. The fourth-order valence-electron chi connectivity index (χ4n) is 5.38. The van der Waals surface area contributed by atoms with Crippen molar-refractivity contribution in [1.82, 2.24) is 9.80 Å². The van der Waals surface area contributed by atoms with Crippen LogP contribution in [0.25, 0.3) is 10.8 Å². The van der Waals surface area contributed by atoms with Crippen molar-refractivity contribution in [3.63, 3.8) is 0 Å². The minimum absolute atomic E-state index is 0.0185. The third-order valence-corrected chi connectivity index (χ3v) is 6.97. The summed E-state index contributed by atoms with van der Waals surface area (Å²) >= 11 is 0. The molecule has 0 spiro atoms. The van der Waals surface area contributed by atoms with Gasteiger partial charge in [-0.2, -0.15) is 0 Å². The first-order valence-electron chi connectivity index (χ1n) is 11.6. The fraction of sp³-hybridized carbons (Fsp3) is 0.370. The number of rotatable bonds is 6. The van der Waals surface area contributed by atoms with Crippen molar-refractivity contribution in [2.24, 2.45) is 0 Å².